The molecule has 3 N–H and O–H groups in total. The molecule has 0 aliphatic carbocycles. The molecule has 94 valence electrons. The van der Waals surface area contributed by atoms with Crippen LogP contribution < -0.4 is 11.1 Å². The van der Waals surface area contributed by atoms with Gasteiger partial charge in [-0.05, 0) is 13.0 Å². The predicted octanol–water partition coefficient (Wildman–Crippen LogP) is 1.21. The summed E-state index contributed by atoms with van der Waals surface area (Å²) in [6.45, 7) is 1.79. The van der Waals surface area contributed by atoms with Crippen LogP contribution in [0.25, 0.3) is 0 Å². The maximum atomic E-state index is 12.0. The number of aromatic nitrogens is 2. The minimum absolute atomic E-state index is 0.176. The van der Waals surface area contributed by atoms with Crippen molar-refractivity contribution >= 4 is 28.9 Å². The molecular weight excluding hydrogens is 252 g/mol. The van der Waals surface area contributed by atoms with Crippen molar-refractivity contribution in [2.24, 2.45) is 12.8 Å². The lowest BCUT2D eigenvalue weighted by Crippen LogP contribution is -2.19. The topological polar surface area (TPSA) is 86.1 Å². The second kappa shape index (κ2) is 4.61. The second-order valence-electron chi connectivity index (χ2n) is 3.78. The Labute approximate surface area is 109 Å². The average Bonchev–Trinajstić information content (AvgIpc) is 2.86. The van der Waals surface area contributed by atoms with Gasteiger partial charge in [0.1, 0.15) is 10.8 Å². The molecule has 0 aliphatic heterocycles. The normalized spacial score (nSPS) is 10.3. The van der Waals surface area contributed by atoms with E-state index in [1.807, 2.05) is 0 Å². The molecule has 2 aromatic rings. The first-order valence-corrected chi connectivity index (χ1v) is 5.58. The maximum absolute atomic E-state index is 12.0. The minimum Gasteiger partial charge on any atom is -0.459 e. The molecule has 0 bridgehead atoms. The molecule has 7 heteroatoms. The number of thiocarbonyl (C=S) groups is 1. The van der Waals surface area contributed by atoms with Crippen LogP contribution in [-0.4, -0.2) is 20.7 Å². The summed E-state index contributed by atoms with van der Waals surface area (Å²) in [6.07, 6.45) is 2.97. The Morgan fingerprint density at radius 2 is 2.33 bits per heavy atom. The molecule has 0 fully saturated rings. The lowest BCUT2D eigenvalue weighted by molar-refractivity contribution is 0.0995. The molecule has 0 spiro atoms. The molecular formula is C11H12N4O2S. The van der Waals surface area contributed by atoms with Crippen LogP contribution in [-0.2, 0) is 7.05 Å². The highest BCUT2D eigenvalue weighted by Gasteiger charge is 2.18. The van der Waals surface area contributed by atoms with Gasteiger partial charge in [0.2, 0.25) is 0 Å². The van der Waals surface area contributed by atoms with Crippen LogP contribution in [0.3, 0.4) is 0 Å². The number of nitrogens with one attached hydrogen (secondary N) is 1. The van der Waals surface area contributed by atoms with E-state index in [-0.39, 0.29) is 16.7 Å². The summed E-state index contributed by atoms with van der Waals surface area (Å²) in [6, 6.07) is 1.71. The van der Waals surface area contributed by atoms with Crippen molar-refractivity contribution in [1.82, 2.24) is 9.78 Å². The van der Waals surface area contributed by atoms with Crippen molar-refractivity contribution in [3.63, 3.8) is 0 Å². The van der Waals surface area contributed by atoms with Crippen molar-refractivity contribution in [1.29, 1.82) is 0 Å². The number of anilines is 1. The highest BCUT2D eigenvalue weighted by molar-refractivity contribution is 7.80. The van der Waals surface area contributed by atoms with E-state index in [4.69, 9.17) is 22.4 Å². The Morgan fingerprint density at radius 3 is 2.89 bits per heavy atom. The highest BCUT2D eigenvalue weighted by Crippen LogP contribution is 2.16. The van der Waals surface area contributed by atoms with Crippen LogP contribution in [0.1, 0.15) is 21.7 Å². The van der Waals surface area contributed by atoms with Gasteiger partial charge in [0.15, 0.2) is 5.76 Å². The number of nitrogens with zero attached hydrogens (tertiary/aromatic N) is 2. The summed E-state index contributed by atoms with van der Waals surface area (Å²) in [5.41, 5.74) is 6.83. The van der Waals surface area contributed by atoms with E-state index >= 15 is 0 Å². The van der Waals surface area contributed by atoms with Crippen LogP contribution in [0.4, 0.5) is 5.82 Å². The van der Waals surface area contributed by atoms with Gasteiger partial charge in [-0.15, -0.1) is 0 Å². The lowest BCUT2D eigenvalue weighted by Gasteiger charge is -2.06. The second-order valence-corrected chi connectivity index (χ2v) is 4.22. The number of hydrogen-bond acceptors (Lipinski definition) is 4. The lowest BCUT2D eigenvalue weighted by atomic mass is 10.2. The molecule has 0 saturated carbocycles. The summed E-state index contributed by atoms with van der Waals surface area (Å²) in [7, 11) is 1.69. The molecule has 0 aliphatic rings. The van der Waals surface area contributed by atoms with Gasteiger partial charge in [0.05, 0.1) is 18.0 Å². The fourth-order valence-corrected chi connectivity index (χ4v) is 1.69. The molecule has 0 aromatic carbocycles. The van der Waals surface area contributed by atoms with E-state index in [0.29, 0.717) is 11.4 Å². The quantitative estimate of drug-likeness (QED) is 0.814. The van der Waals surface area contributed by atoms with E-state index in [1.54, 1.807) is 20.0 Å². The van der Waals surface area contributed by atoms with Crippen LogP contribution in [0.5, 0.6) is 0 Å². The first-order valence-electron chi connectivity index (χ1n) is 5.18. The summed E-state index contributed by atoms with van der Waals surface area (Å²) >= 11 is 4.89. The SMILES string of the molecule is Cc1ccoc1C(=O)Nc1c(C(N)=S)cnn1C. The van der Waals surface area contributed by atoms with E-state index in [2.05, 4.69) is 10.4 Å². The molecule has 2 heterocycles. The largest absolute Gasteiger partial charge is 0.459 e. The zero-order valence-corrected chi connectivity index (χ0v) is 10.7. The number of amides is 1. The number of rotatable bonds is 3. The first kappa shape index (κ1) is 12.3. The zero-order valence-electron chi connectivity index (χ0n) is 9.93. The highest BCUT2D eigenvalue weighted by atomic mass is 32.1. The van der Waals surface area contributed by atoms with Gasteiger partial charge in [-0.3, -0.25) is 9.48 Å². The molecule has 0 saturated heterocycles. The van der Waals surface area contributed by atoms with Gasteiger partial charge in [-0.1, -0.05) is 12.2 Å². The Bertz CT molecular complexity index is 614. The van der Waals surface area contributed by atoms with Crippen LogP contribution in [0.2, 0.25) is 0 Å². The predicted molar refractivity (Wildman–Crippen MR) is 70.5 cm³/mol. The first-order chi connectivity index (χ1) is 8.50. The third-order valence-electron chi connectivity index (χ3n) is 2.50. The van der Waals surface area contributed by atoms with E-state index < -0.39 is 0 Å². The number of furan rings is 1. The van der Waals surface area contributed by atoms with Gasteiger partial charge >= 0.3 is 0 Å². The summed E-state index contributed by atoms with van der Waals surface area (Å²) in [5, 5.41) is 6.68. The molecule has 2 aromatic heterocycles. The summed E-state index contributed by atoms with van der Waals surface area (Å²) in [5.74, 6) is 0.340. The van der Waals surface area contributed by atoms with Gasteiger partial charge < -0.3 is 15.5 Å². The minimum atomic E-state index is -0.362. The van der Waals surface area contributed by atoms with Gasteiger partial charge in [-0.2, -0.15) is 5.10 Å². The Morgan fingerprint density at radius 1 is 1.61 bits per heavy atom. The molecule has 18 heavy (non-hydrogen) atoms. The third kappa shape index (κ3) is 2.12. The number of aryl methyl sites for hydroxylation is 2. The third-order valence-corrected chi connectivity index (χ3v) is 2.72. The summed E-state index contributed by atoms with van der Waals surface area (Å²) in [4.78, 5) is 12.2. The van der Waals surface area contributed by atoms with Gasteiger partial charge in [0, 0.05) is 12.6 Å². The zero-order chi connectivity index (χ0) is 13.3. The number of carbonyl (C=O) groups excluding carboxylic acids is 1. The molecule has 2 rings (SSSR count). The Hall–Kier alpha value is -2.15. The standard InChI is InChI=1S/C11H12N4O2S/c1-6-3-4-17-8(6)11(16)14-10-7(9(12)18)5-13-15(10)2/h3-5H,1-2H3,(H2,12,18)(H,14,16). The van der Waals surface area contributed by atoms with Crippen LogP contribution in [0.15, 0.2) is 22.9 Å². The Kier molecular flexibility index (Phi) is 3.15. The van der Waals surface area contributed by atoms with Crippen molar-refractivity contribution < 1.29 is 9.21 Å². The van der Waals surface area contributed by atoms with Gasteiger partial charge in [0.25, 0.3) is 5.91 Å². The molecule has 0 atom stereocenters. The molecule has 1 amide bonds. The van der Waals surface area contributed by atoms with Crippen molar-refractivity contribution in [3.05, 3.63) is 35.4 Å². The monoisotopic (exact) mass is 264 g/mol. The number of nitrogens with two attached hydrogens (primary N) is 1. The average molecular weight is 264 g/mol. The van der Waals surface area contributed by atoms with Gasteiger partial charge in [-0.25, -0.2) is 0 Å². The maximum Gasteiger partial charge on any atom is 0.292 e. The van der Waals surface area contributed by atoms with Crippen molar-refractivity contribution in [3.8, 4) is 0 Å². The van der Waals surface area contributed by atoms with Crippen LogP contribution in [0, 0.1) is 6.92 Å². The van der Waals surface area contributed by atoms with E-state index in [0.717, 1.165) is 5.56 Å². The molecule has 0 radical (unpaired) electrons. The number of carbonyl (C=O) groups is 1. The fraction of sp³-hybridized carbons (Fsp3) is 0.182. The number of hydrogen-bond donors (Lipinski definition) is 2. The van der Waals surface area contributed by atoms with E-state index in [9.17, 15) is 4.79 Å². The summed E-state index contributed by atoms with van der Waals surface area (Å²) < 4.78 is 6.60. The Balaban J connectivity index is 2.30. The van der Waals surface area contributed by atoms with Crippen molar-refractivity contribution in [2.45, 2.75) is 6.92 Å². The molecule has 0 unspecified atom stereocenters. The van der Waals surface area contributed by atoms with Crippen molar-refractivity contribution in [2.75, 3.05) is 5.32 Å². The molecule has 6 nitrogen and oxygen atoms in total. The smallest absolute Gasteiger partial charge is 0.292 e. The van der Waals surface area contributed by atoms with E-state index in [1.165, 1.54) is 17.1 Å². The fourth-order valence-electron chi connectivity index (χ4n) is 1.54. The van der Waals surface area contributed by atoms with Crippen LogP contribution >= 0.6 is 12.2 Å².